The summed E-state index contributed by atoms with van der Waals surface area (Å²) in [5.74, 6) is -0.745. The van der Waals surface area contributed by atoms with E-state index in [9.17, 15) is 4.79 Å². The van der Waals surface area contributed by atoms with E-state index >= 15 is 0 Å². The van der Waals surface area contributed by atoms with E-state index in [1.165, 1.54) is 0 Å². The maximum atomic E-state index is 9.37. The summed E-state index contributed by atoms with van der Waals surface area (Å²) in [5.41, 5.74) is 0. The van der Waals surface area contributed by atoms with Crippen LogP contribution in [0.25, 0.3) is 0 Å². The average molecular weight is 224 g/mol. The molecule has 0 aromatic heterocycles. The zero-order chi connectivity index (χ0) is 4.28. The molecule has 0 radical (unpaired) electrons. The van der Waals surface area contributed by atoms with Crippen LogP contribution in [-0.4, -0.2) is 11.1 Å². The van der Waals surface area contributed by atoms with Crippen molar-refractivity contribution in [2.75, 3.05) is 0 Å². The molecule has 0 aliphatic carbocycles. The van der Waals surface area contributed by atoms with Gasteiger partial charge in [-0.05, 0) is 0 Å². The van der Waals surface area contributed by atoms with Crippen LogP contribution in [0, 0.1) is 40.4 Å². The van der Waals surface area contributed by atoms with Gasteiger partial charge in [-0.25, -0.2) is 0 Å². The van der Waals surface area contributed by atoms with Crippen molar-refractivity contribution in [3.05, 3.63) is 0 Å². The van der Waals surface area contributed by atoms with Crippen molar-refractivity contribution >= 4 is 5.97 Å². The molecule has 0 unspecified atom stereocenters. The first-order chi connectivity index (χ1) is 2.27. The first-order valence-corrected chi connectivity index (χ1v) is 1.49. The maximum Gasteiger partial charge on any atom is 0.303 e. The zero-order valence-corrected chi connectivity index (χ0v) is 6.09. The second-order valence-electron chi connectivity index (χ2n) is 0.747. The van der Waals surface area contributed by atoms with Crippen molar-refractivity contribution in [1.29, 1.82) is 0 Å². The topological polar surface area (TPSA) is 37.3 Å². The van der Waals surface area contributed by atoms with Gasteiger partial charge in [0.05, 0.1) is 0 Å². The van der Waals surface area contributed by atoms with Gasteiger partial charge in [0.25, 0.3) is 0 Å². The Morgan fingerprint density at radius 1 is 1.83 bits per heavy atom. The van der Waals surface area contributed by atoms with E-state index in [2.05, 4.69) is 0 Å². The minimum atomic E-state index is -0.745. The molecule has 0 rings (SSSR count). The largest absolute Gasteiger partial charge is 0.481 e. The number of hydrogen-bond donors (Lipinski definition) is 1. The molecule has 0 bridgehead atoms. The molecule has 0 aliphatic heterocycles. The summed E-state index contributed by atoms with van der Waals surface area (Å²) in [5, 5.41) is 7.72. The van der Waals surface area contributed by atoms with Gasteiger partial charge < -0.3 is 5.11 Å². The predicted octanol–water partition coefficient (Wildman–Crippen LogP) is 0.481. The molecule has 2 nitrogen and oxygen atoms in total. The fourth-order valence-corrected chi connectivity index (χ4v) is 0. The van der Waals surface area contributed by atoms with Crippen LogP contribution >= 0.6 is 0 Å². The van der Waals surface area contributed by atoms with Crippen molar-refractivity contribution in [2.24, 2.45) is 0 Å². The van der Waals surface area contributed by atoms with Crippen LogP contribution in [0.1, 0.15) is 13.3 Å². The van der Waals surface area contributed by atoms with E-state index in [0.717, 1.165) is 0 Å². The Morgan fingerprint density at radius 2 is 2.00 bits per heavy atom. The van der Waals surface area contributed by atoms with Gasteiger partial charge in [0.1, 0.15) is 0 Å². The average Bonchev–Trinajstić information content (AvgIpc) is 1.38. The van der Waals surface area contributed by atoms with Crippen molar-refractivity contribution in [1.82, 2.24) is 0 Å². The van der Waals surface area contributed by atoms with Crippen molar-refractivity contribution in [2.45, 2.75) is 13.3 Å². The second-order valence-corrected chi connectivity index (χ2v) is 0.747. The van der Waals surface area contributed by atoms with Crippen molar-refractivity contribution in [3.63, 3.8) is 0 Å². The summed E-state index contributed by atoms with van der Waals surface area (Å²) in [6.45, 7) is 1.60. The smallest absolute Gasteiger partial charge is 0.303 e. The summed E-state index contributed by atoms with van der Waals surface area (Å²) < 4.78 is 0. The molecule has 0 atom stereocenters. The molecule has 0 amide bonds. The third-order valence-corrected chi connectivity index (χ3v) is 0.302. The first kappa shape index (κ1) is 9.93. The van der Waals surface area contributed by atoms with Gasteiger partial charge in [-0.1, -0.05) is 6.92 Å². The summed E-state index contributed by atoms with van der Waals surface area (Å²) in [7, 11) is 0. The van der Waals surface area contributed by atoms with Crippen LogP contribution in [-0.2, 0) is 4.79 Å². The number of aliphatic carboxylic acids is 1. The van der Waals surface area contributed by atoms with Gasteiger partial charge in [-0.15, -0.1) is 0 Å². The van der Waals surface area contributed by atoms with Gasteiger partial charge in [-0.2, -0.15) is 0 Å². The van der Waals surface area contributed by atoms with E-state index in [1.54, 1.807) is 6.92 Å². The monoisotopic (exact) mass is 226 g/mol. The maximum absolute atomic E-state index is 9.37. The number of carboxylic acids is 1. The molecule has 1 N–H and O–H groups in total. The summed E-state index contributed by atoms with van der Waals surface area (Å²) in [4.78, 5) is 9.37. The molecule has 3 heteroatoms. The van der Waals surface area contributed by atoms with Crippen LogP contribution < -0.4 is 0 Å². The molecule has 0 saturated heterocycles. The molecule has 0 saturated carbocycles. The molecule has 6 heavy (non-hydrogen) atoms. The minimum Gasteiger partial charge on any atom is -0.481 e. The number of rotatable bonds is 1. The van der Waals surface area contributed by atoms with Crippen molar-refractivity contribution in [3.8, 4) is 0 Å². The number of hydrogen-bond acceptors (Lipinski definition) is 1. The van der Waals surface area contributed by atoms with E-state index in [0.29, 0.717) is 0 Å². The Bertz CT molecular complexity index is 44.1. The Balaban J connectivity index is 0. The van der Waals surface area contributed by atoms with Crippen LogP contribution in [0.15, 0.2) is 0 Å². The third kappa shape index (κ3) is 8.84. The molecule has 0 fully saturated rings. The minimum absolute atomic E-state index is 0. The van der Waals surface area contributed by atoms with E-state index in [4.69, 9.17) is 5.11 Å². The van der Waals surface area contributed by atoms with Gasteiger partial charge in [-0.3, -0.25) is 4.79 Å². The summed E-state index contributed by atoms with van der Waals surface area (Å²) in [6, 6.07) is 0. The quantitative estimate of drug-likeness (QED) is 0.703. The van der Waals surface area contributed by atoms with Crippen LogP contribution in [0.5, 0.6) is 0 Å². The standard InChI is InChI=1S/C3H6O2.Sm/c1-2-3(4)5;/h2H2,1H3,(H,4,5);. The van der Waals surface area contributed by atoms with Crippen LogP contribution in [0.2, 0.25) is 0 Å². The Kier molecular flexibility index (Phi) is 9.62. The van der Waals surface area contributed by atoms with E-state index < -0.39 is 5.97 Å². The molecule has 0 spiro atoms. The molecule has 0 heterocycles. The molecule has 0 aromatic carbocycles. The number of carboxylic acid groups (broad SMARTS) is 1. The van der Waals surface area contributed by atoms with Gasteiger partial charge in [0.2, 0.25) is 0 Å². The molecule has 0 aromatic rings. The fraction of sp³-hybridized carbons (Fsp3) is 0.667. The molecular formula is C3H6O2Sm. The normalized spacial score (nSPS) is 6.17. The first-order valence-electron chi connectivity index (χ1n) is 1.49. The third-order valence-electron chi connectivity index (χ3n) is 0.302. The predicted molar refractivity (Wildman–Crippen MR) is 17.9 cm³/mol. The van der Waals surface area contributed by atoms with Crippen LogP contribution in [0.3, 0.4) is 0 Å². The Labute approximate surface area is 69.0 Å². The summed E-state index contributed by atoms with van der Waals surface area (Å²) in [6.07, 6.45) is 0.222. The van der Waals surface area contributed by atoms with Gasteiger partial charge in [0, 0.05) is 46.8 Å². The Morgan fingerprint density at radius 3 is 2.00 bits per heavy atom. The van der Waals surface area contributed by atoms with Gasteiger partial charge >= 0.3 is 5.97 Å². The number of carbonyl (C=O) groups is 1. The van der Waals surface area contributed by atoms with Gasteiger partial charge in [0.15, 0.2) is 0 Å². The molecule has 0 aliphatic rings. The van der Waals surface area contributed by atoms with E-state index in [-0.39, 0.29) is 46.8 Å². The molecule has 36 valence electrons. The fourth-order valence-electron chi connectivity index (χ4n) is 0. The van der Waals surface area contributed by atoms with E-state index in [1.807, 2.05) is 0 Å². The second kappa shape index (κ2) is 5.81. The Hall–Kier alpha value is 0.808. The van der Waals surface area contributed by atoms with Crippen molar-refractivity contribution < 1.29 is 50.3 Å². The zero-order valence-electron chi connectivity index (χ0n) is 3.47. The SMILES string of the molecule is CCC(=O)O.[Sm]. The molecular weight excluding hydrogens is 218 g/mol. The summed E-state index contributed by atoms with van der Waals surface area (Å²) >= 11 is 0. The van der Waals surface area contributed by atoms with Crippen LogP contribution in [0.4, 0.5) is 0 Å².